The second-order valence-corrected chi connectivity index (χ2v) is 7.04. The summed E-state index contributed by atoms with van der Waals surface area (Å²) in [7, 11) is 6.42. The molecule has 1 fully saturated rings. The lowest BCUT2D eigenvalue weighted by Crippen LogP contribution is -2.05. The van der Waals surface area contributed by atoms with Gasteiger partial charge in [0.05, 0.1) is 28.4 Å². The van der Waals surface area contributed by atoms with Crippen molar-refractivity contribution in [2.75, 3.05) is 28.4 Å². The lowest BCUT2D eigenvalue weighted by Gasteiger charge is -2.13. The first-order valence-corrected chi connectivity index (χ1v) is 10.0. The Morgan fingerprint density at radius 1 is 0.667 bits per heavy atom. The molecule has 5 heteroatoms. The molecule has 0 heterocycles. The van der Waals surface area contributed by atoms with Crippen molar-refractivity contribution < 1.29 is 23.7 Å². The first-order valence-electron chi connectivity index (χ1n) is 10.0. The molecule has 0 N–H and O–H groups in total. The van der Waals surface area contributed by atoms with Crippen molar-refractivity contribution in [3.63, 3.8) is 0 Å². The zero-order valence-corrected chi connectivity index (χ0v) is 18.0. The minimum Gasteiger partial charge on any atom is -0.493 e. The summed E-state index contributed by atoms with van der Waals surface area (Å²) in [6.07, 6.45) is 7.21. The molecular formula is C25H28O5. The van der Waals surface area contributed by atoms with Gasteiger partial charge in [0.25, 0.3) is 0 Å². The molecule has 0 spiro atoms. The Kier molecular flexibility index (Phi) is 7.17. The number of ether oxygens (including phenoxy) is 4. The number of methoxy groups -OCH3 is 4. The Morgan fingerprint density at radius 2 is 1.10 bits per heavy atom. The maximum absolute atomic E-state index is 13.4. The fraction of sp³-hybridized carbons (Fsp3) is 0.320. The van der Waals surface area contributed by atoms with E-state index in [9.17, 15) is 4.79 Å². The highest BCUT2D eigenvalue weighted by Gasteiger charge is 2.21. The summed E-state index contributed by atoms with van der Waals surface area (Å²) in [6, 6.07) is 11.3. The van der Waals surface area contributed by atoms with Crippen LogP contribution < -0.4 is 18.9 Å². The monoisotopic (exact) mass is 408 g/mol. The Bertz CT molecular complexity index is 894. The molecule has 158 valence electrons. The van der Waals surface area contributed by atoms with Crippen molar-refractivity contribution >= 4 is 17.9 Å². The number of carbonyl (C=O) groups is 1. The van der Waals surface area contributed by atoms with E-state index < -0.39 is 0 Å². The SMILES string of the molecule is COc1cccc(C=C2CCCCC(=Cc3cccc(OC)c3OC)C2=O)c1OC. The summed E-state index contributed by atoms with van der Waals surface area (Å²) < 4.78 is 21.8. The summed E-state index contributed by atoms with van der Waals surface area (Å²) in [5.74, 6) is 2.60. The Balaban J connectivity index is 2.03. The third kappa shape index (κ3) is 4.51. The van der Waals surface area contributed by atoms with Crippen molar-refractivity contribution in [2.24, 2.45) is 0 Å². The molecule has 0 unspecified atom stereocenters. The first kappa shape index (κ1) is 21.5. The summed E-state index contributed by atoms with van der Waals surface area (Å²) in [4.78, 5) is 13.4. The van der Waals surface area contributed by atoms with E-state index in [4.69, 9.17) is 18.9 Å². The van der Waals surface area contributed by atoms with Gasteiger partial charge in [0.15, 0.2) is 28.8 Å². The van der Waals surface area contributed by atoms with E-state index in [1.54, 1.807) is 28.4 Å². The molecule has 30 heavy (non-hydrogen) atoms. The van der Waals surface area contributed by atoms with Crippen molar-refractivity contribution in [3.05, 3.63) is 58.7 Å². The molecule has 2 aromatic rings. The fourth-order valence-electron chi connectivity index (χ4n) is 3.77. The fourth-order valence-corrected chi connectivity index (χ4v) is 3.77. The lowest BCUT2D eigenvalue weighted by molar-refractivity contribution is -0.112. The van der Waals surface area contributed by atoms with E-state index in [0.717, 1.165) is 48.0 Å². The lowest BCUT2D eigenvalue weighted by atomic mass is 9.97. The highest BCUT2D eigenvalue weighted by Crippen LogP contribution is 2.36. The number of Topliss-reactive ketones (excluding diaryl/α,β-unsaturated/α-hetero) is 1. The van der Waals surface area contributed by atoms with Crippen LogP contribution in [0.5, 0.6) is 23.0 Å². The van der Waals surface area contributed by atoms with Crippen molar-refractivity contribution in [1.82, 2.24) is 0 Å². The van der Waals surface area contributed by atoms with E-state index in [0.29, 0.717) is 23.0 Å². The quantitative estimate of drug-likeness (QED) is 0.478. The number of para-hydroxylation sites is 2. The second-order valence-electron chi connectivity index (χ2n) is 7.04. The summed E-state index contributed by atoms with van der Waals surface area (Å²) in [5.41, 5.74) is 3.21. The van der Waals surface area contributed by atoms with Crippen LogP contribution in [-0.4, -0.2) is 34.2 Å². The van der Waals surface area contributed by atoms with E-state index in [-0.39, 0.29) is 5.78 Å². The minimum absolute atomic E-state index is 0.0576. The molecule has 0 amide bonds. The average Bonchev–Trinajstić information content (AvgIpc) is 2.94. The third-order valence-electron chi connectivity index (χ3n) is 5.25. The third-order valence-corrected chi connectivity index (χ3v) is 5.25. The van der Waals surface area contributed by atoms with Crippen LogP contribution in [-0.2, 0) is 4.79 Å². The topological polar surface area (TPSA) is 54.0 Å². The number of hydrogen-bond acceptors (Lipinski definition) is 5. The predicted octanol–water partition coefficient (Wildman–Crippen LogP) is 5.33. The molecule has 0 saturated heterocycles. The van der Waals surface area contributed by atoms with Crippen LogP contribution in [0.15, 0.2) is 47.5 Å². The first-order chi connectivity index (χ1) is 14.6. The van der Waals surface area contributed by atoms with E-state index in [2.05, 4.69) is 0 Å². The maximum Gasteiger partial charge on any atom is 0.185 e. The van der Waals surface area contributed by atoms with Crippen molar-refractivity contribution in [1.29, 1.82) is 0 Å². The van der Waals surface area contributed by atoms with Crippen LogP contribution in [0.25, 0.3) is 12.2 Å². The molecule has 1 aliphatic carbocycles. The molecule has 5 nitrogen and oxygen atoms in total. The van der Waals surface area contributed by atoms with Crippen molar-refractivity contribution in [2.45, 2.75) is 25.7 Å². The van der Waals surface area contributed by atoms with Gasteiger partial charge in [-0.05, 0) is 50.0 Å². The van der Waals surface area contributed by atoms with Crippen molar-refractivity contribution in [3.8, 4) is 23.0 Å². The normalized spacial score (nSPS) is 17.0. The van der Waals surface area contributed by atoms with Gasteiger partial charge in [-0.15, -0.1) is 0 Å². The number of benzene rings is 2. The van der Waals surface area contributed by atoms with Gasteiger partial charge in [-0.3, -0.25) is 4.79 Å². The summed E-state index contributed by atoms with van der Waals surface area (Å²) in [5, 5.41) is 0. The molecule has 0 bridgehead atoms. The highest BCUT2D eigenvalue weighted by atomic mass is 16.5. The van der Waals surface area contributed by atoms with Crippen LogP contribution in [0.3, 0.4) is 0 Å². The molecule has 1 aliphatic rings. The van der Waals surface area contributed by atoms with Gasteiger partial charge < -0.3 is 18.9 Å². The Morgan fingerprint density at radius 3 is 1.47 bits per heavy atom. The molecule has 0 aromatic heterocycles. The molecule has 3 rings (SSSR count). The predicted molar refractivity (Wildman–Crippen MR) is 119 cm³/mol. The van der Waals surface area contributed by atoms with Gasteiger partial charge in [-0.1, -0.05) is 24.3 Å². The van der Waals surface area contributed by atoms with E-state index in [1.165, 1.54) is 0 Å². The molecule has 2 aromatic carbocycles. The number of ketones is 1. The largest absolute Gasteiger partial charge is 0.493 e. The molecule has 0 atom stereocenters. The van der Waals surface area contributed by atoms with Crippen LogP contribution in [0.2, 0.25) is 0 Å². The van der Waals surface area contributed by atoms with E-state index >= 15 is 0 Å². The molecule has 0 radical (unpaired) electrons. The smallest absolute Gasteiger partial charge is 0.185 e. The van der Waals surface area contributed by atoms with Crippen LogP contribution in [0.1, 0.15) is 36.8 Å². The average molecular weight is 408 g/mol. The van der Waals surface area contributed by atoms with Gasteiger partial charge in [-0.25, -0.2) is 0 Å². The van der Waals surface area contributed by atoms with Gasteiger partial charge >= 0.3 is 0 Å². The maximum atomic E-state index is 13.4. The summed E-state index contributed by atoms with van der Waals surface area (Å²) >= 11 is 0. The Hall–Kier alpha value is -3.21. The van der Waals surface area contributed by atoms with Gasteiger partial charge in [-0.2, -0.15) is 0 Å². The number of carbonyl (C=O) groups excluding carboxylic acids is 1. The van der Waals surface area contributed by atoms with E-state index in [1.807, 2.05) is 48.6 Å². The second kappa shape index (κ2) is 10.0. The number of allylic oxidation sites excluding steroid dienone is 2. The summed E-state index contributed by atoms with van der Waals surface area (Å²) in [6.45, 7) is 0. The zero-order chi connectivity index (χ0) is 21.5. The molecular weight excluding hydrogens is 380 g/mol. The number of rotatable bonds is 6. The van der Waals surface area contributed by atoms with Crippen LogP contribution >= 0.6 is 0 Å². The van der Waals surface area contributed by atoms with Gasteiger partial charge in [0, 0.05) is 22.3 Å². The molecule has 0 aliphatic heterocycles. The van der Waals surface area contributed by atoms with Crippen LogP contribution in [0, 0.1) is 0 Å². The minimum atomic E-state index is 0.0576. The Labute approximate surface area is 177 Å². The standard InChI is InChI=1S/C25H28O5/c1-27-21-13-7-11-19(24(21)29-3)15-17-9-5-6-10-18(23(17)26)16-20-12-8-14-22(28-2)25(20)30-4/h7-8,11-16H,5-6,9-10H2,1-4H3. The van der Waals surface area contributed by atoms with Crippen LogP contribution in [0.4, 0.5) is 0 Å². The number of hydrogen-bond donors (Lipinski definition) is 0. The molecule has 1 saturated carbocycles. The van der Waals surface area contributed by atoms with Gasteiger partial charge in [0.2, 0.25) is 0 Å². The van der Waals surface area contributed by atoms with Gasteiger partial charge in [0.1, 0.15) is 0 Å². The zero-order valence-electron chi connectivity index (χ0n) is 18.0. The highest BCUT2D eigenvalue weighted by molar-refractivity contribution is 6.13.